The molecule has 0 saturated heterocycles. The van der Waals surface area contributed by atoms with E-state index >= 15 is 0 Å². The molecule has 2 heterocycles. The van der Waals surface area contributed by atoms with E-state index in [4.69, 9.17) is 14.2 Å². The topological polar surface area (TPSA) is 86.8 Å². The van der Waals surface area contributed by atoms with Gasteiger partial charge in [-0.25, -0.2) is 9.37 Å². The van der Waals surface area contributed by atoms with Crippen molar-refractivity contribution in [2.75, 3.05) is 27.9 Å². The third-order valence-corrected chi connectivity index (χ3v) is 6.16. The van der Waals surface area contributed by atoms with Gasteiger partial charge in [-0.05, 0) is 37.3 Å². The molecule has 182 valence electrons. The second kappa shape index (κ2) is 11.4. The monoisotopic (exact) mass is 496 g/mol. The normalized spacial score (nSPS) is 12.1. The van der Waals surface area contributed by atoms with Gasteiger partial charge in [-0.1, -0.05) is 18.7 Å². The SMILES string of the molecule is C=C/C(OC)=C(\C=C(/C)C(=O)NCC(=O)c1nc(-c2csc3c(F)cccc23)ccc1OC)OC. The zero-order valence-electron chi connectivity index (χ0n) is 19.8. The number of benzene rings is 1. The second-order valence-electron chi connectivity index (χ2n) is 7.29. The molecule has 0 unspecified atom stereocenters. The number of aromatic nitrogens is 1. The number of allylic oxidation sites excluding steroid dienone is 2. The molecular formula is C26H25FN2O5S. The molecule has 3 aromatic rings. The van der Waals surface area contributed by atoms with Crippen LogP contribution < -0.4 is 10.1 Å². The number of amides is 1. The lowest BCUT2D eigenvalue weighted by atomic mass is 10.1. The molecule has 1 aromatic carbocycles. The number of carbonyl (C=O) groups excluding carboxylic acids is 2. The minimum atomic E-state index is -0.471. The molecule has 35 heavy (non-hydrogen) atoms. The van der Waals surface area contributed by atoms with Crippen LogP contribution in [0.5, 0.6) is 5.75 Å². The van der Waals surface area contributed by atoms with Crippen molar-refractivity contribution in [1.29, 1.82) is 0 Å². The van der Waals surface area contributed by atoms with E-state index in [1.807, 2.05) is 0 Å². The number of nitrogens with zero attached hydrogens (tertiary/aromatic N) is 1. The molecule has 0 radical (unpaired) electrons. The van der Waals surface area contributed by atoms with Crippen molar-refractivity contribution >= 4 is 33.1 Å². The van der Waals surface area contributed by atoms with Crippen LogP contribution in [0.25, 0.3) is 21.3 Å². The van der Waals surface area contributed by atoms with Gasteiger partial charge in [-0.2, -0.15) is 0 Å². The molecule has 1 N–H and O–H groups in total. The van der Waals surface area contributed by atoms with Crippen LogP contribution in [0.1, 0.15) is 17.4 Å². The lowest BCUT2D eigenvalue weighted by molar-refractivity contribution is -0.117. The van der Waals surface area contributed by atoms with Crippen molar-refractivity contribution in [2.24, 2.45) is 0 Å². The third kappa shape index (κ3) is 5.58. The Hall–Kier alpha value is -3.98. The Morgan fingerprint density at radius 1 is 1.14 bits per heavy atom. The van der Waals surface area contributed by atoms with Gasteiger partial charge in [0.25, 0.3) is 0 Å². The molecule has 0 aliphatic heterocycles. The van der Waals surface area contributed by atoms with Gasteiger partial charge in [-0.3, -0.25) is 9.59 Å². The van der Waals surface area contributed by atoms with Gasteiger partial charge in [0.1, 0.15) is 11.6 Å². The molecule has 0 aliphatic carbocycles. The number of hydrogen-bond donors (Lipinski definition) is 1. The number of fused-ring (bicyclic) bond motifs is 1. The summed E-state index contributed by atoms with van der Waals surface area (Å²) >= 11 is 1.27. The highest BCUT2D eigenvalue weighted by atomic mass is 32.1. The number of rotatable bonds is 10. The first-order valence-corrected chi connectivity index (χ1v) is 11.4. The van der Waals surface area contributed by atoms with Gasteiger partial charge < -0.3 is 19.5 Å². The van der Waals surface area contributed by atoms with Crippen LogP contribution in [-0.4, -0.2) is 44.5 Å². The molecule has 3 rings (SSSR count). The molecular weight excluding hydrogens is 471 g/mol. The predicted octanol–water partition coefficient (Wildman–Crippen LogP) is 5.05. The van der Waals surface area contributed by atoms with E-state index in [9.17, 15) is 14.0 Å². The highest BCUT2D eigenvalue weighted by Crippen LogP contribution is 2.35. The van der Waals surface area contributed by atoms with Crippen LogP contribution in [0.3, 0.4) is 0 Å². The fraction of sp³-hybridized carbons (Fsp3) is 0.192. The minimum Gasteiger partial charge on any atom is -0.494 e. The number of methoxy groups -OCH3 is 3. The Balaban J connectivity index is 1.83. The predicted molar refractivity (Wildman–Crippen MR) is 134 cm³/mol. The van der Waals surface area contributed by atoms with E-state index in [1.165, 1.54) is 50.9 Å². The lowest BCUT2D eigenvalue weighted by Gasteiger charge is -2.11. The Kier molecular flexibility index (Phi) is 8.38. The maximum atomic E-state index is 14.1. The average Bonchev–Trinajstić information content (AvgIpc) is 3.32. The number of ketones is 1. The summed E-state index contributed by atoms with van der Waals surface area (Å²) in [6, 6.07) is 8.17. The number of ether oxygens (including phenoxy) is 3. The molecule has 1 amide bonds. The van der Waals surface area contributed by atoms with Gasteiger partial charge in [0.2, 0.25) is 11.7 Å². The Morgan fingerprint density at radius 3 is 2.54 bits per heavy atom. The summed E-state index contributed by atoms with van der Waals surface area (Å²) in [6.45, 7) is 4.91. The van der Waals surface area contributed by atoms with Crippen molar-refractivity contribution < 1.29 is 28.2 Å². The molecule has 0 saturated carbocycles. The Morgan fingerprint density at radius 2 is 1.89 bits per heavy atom. The van der Waals surface area contributed by atoms with E-state index in [1.54, 1.807) is 36.6 Å². The maximum absolute atomic E-state index is 14.1. The van der Waals surface area contributed by atoms with Crippen LogP contribution >= 0.6 is 11.3 Å². The van der Waals surface area contributed by atoms with Crippen LogP contribution in [0.2, 0.25) is 0 Å². The second-order valence-corrected chi connectivity index (χ2v) is 8.17. The minimum absolute atomic E-state index is 0.0634. The first-order valence-electron chi connectivity index (χ1n) is 10.5. The number of nitrogens with one attached hydrogen (secondary N) is 1. The number of halogens is 1. The summed E-state index contributed by atoms with van der Waals surface area (Å²) in [6.07, 6.45) is 2.95. The number of hydrogen-bond acceptors (Lipinski definition) is 7. The van der Waals surface area contributed by atoms with Crippen molar-refractivity contribution in [1.82, 2.24) is 10.3 Å². The van der Waals surface area contributed by atoms with Gasteiger partial charge in [0.15, 0.2) is 17.2 Å². The maximum Gasteiger partial charge on any atom is 0.247 e. The molecule has 0 aliphatic rings. The summed E-state index contributed by atoms with van der Waals surface area (Å²) in [4.78, 5) is 30.0. The molecule has 0 spiro atoms. The van der Waals surface area contributed by atoms with Gasteiger partial charge in [0.05, 0.1) is 38.3 Å². The lowest BCUT2D eigenvalue weighted by Crippen LogP contribution is -2.30. The Bertz CT molecular complexity index is 1340. The first kappa shape index (κ1) is 25.6. The van der Waals surface area contributed by atoms with Crippen molar-refractivity contribution in [3.63, 3.8) is 0 Å². The van der Waals surface area contributed by atoms with Crippen molar-refractivity contribution in [3.8, 4) is 17.0 Å². The summed E-state index contributed by atoms with van der Waals surface area (Å²) in [5.41, 5.74) is 1.57. The van der Waals surface area contributed by atoms with Crippen molar-refractivity contribution in [2.45, 2.75) is 6.92 Å². The molecule has 2 aromatic heterocycles. The smallest absolute Gasteiger partial charge is 0.247 e. The van der Waals surface area contributed by atoms with E-state index in [0.29, 0.717) is 38.4 Å². The van der Waals surface area contributed by atoms with E-state index < -0.39 is 11.7 Å². The van der Waals surface area contributed by atoms with Crippen molar-refractivity contribution in [3.05, 3.63) is 83.0 Å². The molecule has 0 fully saturated rings. The summed E-state index contributed by atoms with van der Waals surface area (Å²) in [5.74, 6) is -0.277. The summed E-state index contributed by atoms with van der Waals surface area (Å²) in [7, 11) is 4.33. The molecule has 9 heteroatoms. The molecule has 7 nitrogen and oxygen atoms in total. The highest BCUT2D eigenvalue weighted by Gasteiger charge is 2.19. The van der Waals surface area contributed by atoms with Gasteiger partial charge >= 0.3 is 0 Å². The Labute approximate surface area is 206 Å². The number of Topliss-reactive ketones (excluding diaryl/α,β-unsaturated/α-hetero) is 1. The van der Waals surface area contributed by atoms with Crippen LogP contribution in [-0.2, 0) is 14.3 Å². The van der Waals surface area contributed by atoms with Gasteiger partial charge in [-0.15, -0.1) is 11.3 Å². The largest absolute Gasteiger partial charge is 0.494 e. The quantitative estimate of drug-likeness (QED) is 0.183. The van der Waals surface area contributed by atoms with Crippen LogP contribution in [0, 0.1) is 5.82 Å². The zero-order valence-corrected chi connectivity index (χ0v) is 20.6. The van der Waals surface area contributed by atoms with E-state index in [-0.39, 0.29) is 23.8 Å². The summed E-state index contributed by atoms with van der Waals surface area (Å²) in [5, 5.41) is 5.09. The first-order chi connectivity index (χ1) is 16.8. The number of pyridine rings is 1. The van der Waals surface area contributed by atoms with E-state index in [0.717, 1.165) is 0 Å². The fourth-order valence-corrected chi connectivity index (χ4v) is 4.31. The number of carbonyl (C=O) groups is 2. The van der Waals surface area contributed by atoms with Gasteiger partial charge in [0, 0.05) is 21.9 Å². The fourth-order valence-electron chi connectivity index (χ4n) is 3.34. The highest BCUT2D eigenvalue weighted by molar-refractivity contribution is 7.17. The number of thiophene rings is 1. The molecule has 0 bridgehead atoms. The third-order valence-electron chi connectivity index (χ3n) is 5.15. The van der Waals surface area contributed by atoms with Crippen LogP contribution in [0.4, 0.5) is 4.39 Å². The standard InChI is InChI=1S/C26H25FN2O5S/c1-6-21(32-3)23(34-5)12-15(2)26(31)28-13-20(30)24-22(33-4)11-10-19(29-24)17-14-35-25-16(17)8-7-9-18(25)27/h6-12,14H,1,13H2,2-5H3,(H,28,31)/b15-12+,23-21-. The average molecular weight is 497 g/mol. The molecule has 0 atom stereocenters. The van der Waals surface area contributed by atoms with Crippen LogP contribution in [0.15, 0.2) is 71.5 Å². The summed E-state index contributed by atoms with van der Waals surface area (Å²) < 4.78 is 30.3. The van der Waals surface area contributed by atoms with E-state index in [2.05, 4.69) is 16.9 Å². The zero-order chi connectivity index (χ0) is 25.5.